The maximum Gasteiger partial charge on any atom is 0.234 e. The highest BCUT2D eigenvalue weighted by Gasteiger charge is 2.17. The molecule has 0 bridgehead atoms. The average molecular weight is 457 g/mol. The zero-order chi connectivity index (χ0) is 23.4. The Labute approximate surface area is 199 Å². The zero-order valence-corrected chi connectivity index (χ0v) is 20.2. The lowest BCUT2D eigenvalue weighted by molar-refractivity contribution is -0.113. The predicted octanol–water partition coefficient (Wildman–Crippen LogP) is 5.82. The Bertz CT molecular complexity index is 1240. The molecule has 4 aromatic rings. The molecule has 4 rings (SSSR count). The Morgan fingerprint density at radius 3 is 2.21 bits per heavy atom. The number of carbonyl (C=O) groups is 1. The number of aryl methyl sites for hydroxylation is 4. The molecule has 0 saturated heterocycles. The summed E-state index contributed by atoms with van der Waals surface area (Å²) in [5.74, 6) is 1.04. The van der Waals surface area contributed by atoms with Gasteiger partial charge in [0.05, 0.1) is 5.75 Å². The van der Waals surface area contributed by atoms with Gasteiger partial charge in [0.2, 0.25) is 5.91 Å². The van der Waals surface area contributed by atoms with Crippen molar-refractivity contribution in [3.63, 3.8) is 0 Å². The van der Waals surface area contributed by atoms with Gasteiger partial charge < -0.3 is 5.32 Å². The molecule has 0 aliphatic rings. The monoisotopic (exact) mass is 456 g/mol. The number of benzene rings is 3. The van der Waals surface area contributed by atoms with Crippen molar-refractivity contribution in [2.45, 2.75) is 39.3 Å². The molecule has 1 N–H and O–H groups in total. The van der Waals surface area contributed by atoms with Crippen molar-refractivity contribution in [1.82, 2.24) is 14.8 Å². The summed E-state index contributed by atoms with van der Waals surface area (Å²) < 4.78 is 2.05. The van der Waals surface area contributed by atoms with Gasteiger partial charge in [-0.15, -0.1) is 10.2 Å². The second-order valence-corrected chi connectivity index (χ2v) is 9.29. The van der Waals surface area contributed by atoms with Crippen LogP contribution in [-0.2, 0) is 11.2 Å². The van der Waals surface area contributed by atoms with E-state index in [2.05, 4.69) is 77.9 Å². The van der Waals surface area contributed by atoms with Crippen molar-refractivity contribution in [1.29, 1.82) is 0 Å². The van der Waals surface area contributed by atoms with Crippen LogP contribution in [0.2, 0.25) is 0 Å². The fourth-order valence-electron chi connectivity index (χ4n) is 3.92. The summed E-state index contributed by atoms with van der Waals surface area (Å²) in [5.41, 5.74) is 7.56. The van der Waals surface area contributed by atoms with Crippen LogP contribution in [-0.4, -0.2) is 26.4 Å². The normalized spacial score (nSPS) is 10.9. The number of thioether (sulfide) groups is 1. The molecule has 0 spiro atoms. The number of hydrogen-bond acceptors (Lipinski definition) is 4. The van der Waals surface area contributed by atoms with Crippen molar-refractivity contribution in [2.75, 3.05) is 11.1 Å². The molecular weight excluding hydrogens is 428 g/mol. The number of nitrogens with one attached hydrogen (secondary N) is 1. The van der Waals surface area contributed by atoms with E-state index < -0.39 is 0 Å². The van der Waals surface area contributed by atoms with Crippen molar-refractivity contribution in [3.05, 3.63) is 100 Å². The zero-order valence-electron chi connectivity index (χ0n) is 19.4. The Kier molecular flexibility index (Phi) is 6.94. The molecule has 3 aromatic carbocycles. The Morgan fingerprint density at radius 1 is 0.879 bits per heavy atom. The van der Waals surface area contributed by atoms with Gasteiger partial charge in [-0.3, -0.25) is 9.36 Å². The standard InChI is InChI=1S/C27H28N4OS/c1-18-10-12-23(13-11-18)31-24(16-22-8-6-5-7-9-22)29-30-27(31)33-17-25(32)28-26-20(3)14-19(2)15-21(26)4/h5-15H,16-17H2,1-4H3,(H,28,32). The van der Waals surface area contributed by atoms with Crippen LogP contribution in [0.25, 0.3) is 5.69 Å². The van der Waals surface area contributed by atoms with Crippen molar-refractivity contribution in [2.24, 2.45) is 0 Å². The van der Waals surface area contributed by atoms with Crippen molar-refractivity contribution in [3.8, 4) is 5.69 Å². The van der Waals surface area contributed by atoms with Crippen LogP contribution in [0.3, 0.4) is 0 Å². The van der Waals surface area contributed by atoms with Gasteiger partial charge in [-0.1, -0.05) is 77.5 Å². The summed E-state index contributed by atoms with van der Waals surface area (Å²) in [5, 5.41) is 12.7. The van der Waals surface area contributed by atoms with E-state index in [1.165, 1.54) is 22.9 Å². The first kappa shape index (κ1) is 22.8. The molecule has 0 radical (unpaired) electrons. The molecule has 0 aliphatic heterocycles. The molecule has 5 nitrogen and oxygen atoms in total. The van der Waals surface area contributed by atoms with Gasteiger partial charge in [-0.25, -0.2) is 0 Å². The van der Waals surface area contributed by atoms with E-state index in [9.17, 15) is 4.79 Å². The van der Waals surface area contributed by atoms with Crippen LogP contribution >= 0.6 is 11.8 Å². The molecular formula is C27H28N4OS. The second-order valence-electron chi connectivity index (χ2n) is 8.34. The first-order chi connectivity index (χ1) is 15.9. The molecule has 0 saturated carbocycles. The predicted molar refractivity (Wildman–Crippen MR) is 135 cm³/mol. The van der Waals surface area contributed by atoms with E-state index in [-0.39, 0.29) is 11.7 Å². The number of anilines is 1. The number of nitrogens with zero attached hydrogens (tertiary/aromatic N) is 3. The van der Waals surface area contributed by atoms with E-state index in [4.69, 9.17) is 0 Å². The number of amides is 1. The minimum Gasteiger partial charge on any atom is -0.325 e. The molecule has 1 amide bonds. The van der Waals surface area contributed by atoms with E-state index >= 15 is 0 Å². The highest BCUT2D eigenvalue weighted by Crippen LogP contribution is 2.26. The maximum absolute atomic E-state index is 12.8. The molecule has 1 aromatic heterocycles. The third-order valence-electron chi connectivity index (χ3n) is 5.47. The van der Waals surface area contributed by atoms with Gasteiger partial charge >= 0.3 is 0 Å². The number of hydrogen-bond donors (Lipinski definition) is 1. The third kappa shape index (κ3) is 5.52. The third-order valence-corrected chi connectivity index (χ3v) is 6.40. The summed E-state index contributed by atoms with van der Waals surface area (Å²) >= 11 is 1.40. The molecule has 6 heteroatoms. The quantitative estimate of drug-likeness (QED) is 0.356. The van der Waals surface area contributed by atoms with Gasteiger partial charge in [-0.05, 0) is 56.5 Å². The van der Waals surface area contributed by atoms with Gasteiger partial charge in [0.15, 0.2) is 5.16 Å². The summed E-state index contributed by atoms with van der Waals surface area (Å²) in [6.07, 6.45) is 0.663. The lowest BCUT2D eigenvalue weighted by atomic mass is 10.1. The fourth-order valence-corrected chi connectivity index (χ4v) is 4.69. The molecule has 0 aliphatic carbocycles. The number of rotatable bonds is 7. The van der Waals surface area contributed by atoms with Crippen molar-refractivity contribution < 1.29 is 4.79 Å². The first-order valence-electron chi connectivity index (χ1n) is 11.0. The highest BCUT2D eigenvalue weighted by atomic mass is 32.2. The fraction of sp³-hybridized carbons (Fsp3) is 0.222. The number of aromatic nitrogens is 3. The molecule has 33 heavy (non-hydrogen) atoms. The largest absolute Gasteiger partial charge is 0.325 e. The van der Waals surface area contributed by atoms with E-state index in [0.717, 1.165) is 33.9 Å². The minimum atomic E-state index is -0.0573. The first-order valence-corrected chi connectivity index (χ1v) is 11.9. The summed E-state index contributed by atoms with van der Waals surface area (Å²) in [6, 6.07) is 22.7. The number of carbonyl (C=O) groups excluding carboxylic acids is 1. The molecule has 0 atom stereocenters. The van der Waals surface area contributed by atoms with Crippen LogP contribution in [0.4, 0.5) is 5.69 Å². The van der Waals surface area contributed by atoms with Crippen LogP contribution in [0, 0.1) is 27.7 Å². The van der Waals surface area contributed by atoms with E-state index in [0.29, 0.717) is 11.6 Å². The van der Waals surface area contributed by atoms with Crippen LogP contribution in [0.5, 0.6) is 0 Å². The van der Waals surface area contributed by atoms with Crippen LogP contribution < -0.4 is 5.32 Å². The Morgan fingerprint density at radius 2 is 1.55 bits per heavy atom. The van der Waals surface area contributed by atoms with Crippen LogP contribution in [0.1, 0.15) is 33.6 Å². The van der Waals surface area contributed by atoms with Gasteiger partial charge in [0, 0.05) is 17.8 Å². The van der Waals surface area contributed by atoms with Gasteiger partial charge in [0.1, 0.15) is 5.82 Å². The molecule has 0 unspecified atom stereocenters. The lowest BCUT2D eigenvalue weighted by Gasteiger charge is -2.13. The SMILES string of the molecule is Cc1ccc(-n2c(Cc3ccccc3)nnc2SCC(=O)Nc2c(C)cc(C)cc2C)cc1. The highest BCUT2D eigenvalue weighted by molar-refractivity contribution is 7.99. The topological polar surface area (TPSA) is 59.8 Å². The summed E-state index contributed by atoms with van der Waals surface area (Å²) in [6.45, 7) is 8.17. The van der Waals surface area contributed by atoms with Gasteiger partial charge in [-0.2, -0.15) is 0 Å². The van der Waals surface area contributed by atoms with Gasteiger partial charge in [0.25, 0.3) is 0 Å². The van der Waals surface area contributed by atoms with E-state index in [1.54, 1.807) is 0 Å². The molecule has 168 valence electrons. The Balaban J connectivity index is 1.56. The van der Waals surface area contributed by atoms with E-state index in [1.807, 2.05) is 36.6 Å². The lowest BCUT2D eigenvalue weighted by Crippen LogP contribution is -2.16. The van der Waals surface area contributed by atoms with Crippen LogP contribution in [0.15, 0.2) is 71.9 Å². The Hall–Kier alpha value is -3.38. The molecule has 0 fully saturated rings. The van der Waals surface area contributed by atoms with Crippen molar-refractivity contribution >= 4 is 23.4 Å². The minimum absolute atomic E-state index is 0.0573. The summed E-state index contributed by atoms with van der Waals surface area (Å²) in [7, 11) is 0. The second kappa shape index (κ2) is 10.0. The maximum atomic E-state index is 12.8. The smallest absolute Gasteiger partial charge is 0.234 e. The summed E-state index contributed by atoms with van der Waals surface area (Å²) in [4.78, 5) is 12.8. The average Bonchev–Trinajstić information content (AvgIpc) is 3.18. The molecule has 1 heterocycles.